The lowest BCUT2D eigenvalue weighted by atomic mass is 9.92. The third-order valence-electron chi connectivity index (χ3n) is 6.22. The van der Waals surface area contributed by atoms with Crippen molar-refractivity contribution in [1.82, 2.24) is 14.9 Å². The fourth-order valence-electron chi connectivity index (χ4n) is 4.07. The molecule has 1 aliphatic heterocycles. The Morgan fingerprint density at radius 1 is 1.15 bits per heavy atom. The van der Waals surface area contributed by atoms with Gasteiger partial charge in [0.25, 0.3) is 0 Å². The van der Waals surface area contributed by atoms with E-state index in [1.54, 1.807) is 50.2 Å². The first-order chi connectivity index (χ1) is 18.0. The molecule has 0 aliphatic carbocycles. The number of hydrogen-bond acceptors (Lipinski definition) is 6. The Labute approximate surface area is 245 Å². The van der Waals surface area contributed by atoms with Gasteiger partial charge in [-0.3, -0.25) is 9.59 Å². The minimum atomic E-state index is -3.88. The number of carbonyl (C=O) groups excluding carboxylic acids is 2. The van der Waals surface area contributed by atoms with Gasteiger partial charge in [-0.1, -0.05) is 35.9 Å². The standard InChI is InChI=1S/C27H34ClFN4O5S.ClH/c1-26(2,30)25(35)31-22(16-38-15-17-6-12-20(29)13-7-17)24(34)33(5)14-21-23(18-8-10-19(28)11-9-18)39(36,37)32-27(21,3)4;/h6-13,22,32H,14-16,30H2,1-5H3,(H,31,35);1H/t22-;/m1./s1. The van der Waals surface area contributed by atoms with Crippen LogP contribution in [0.4, 0.5) is 4.39 Å². The Morgan fingerprint density at radius 2 is 1.73 bits per heavy atom. The zero-order valence-corrected chi connectivity index (χ0v) is 25.3. The van der Waals surface area contributed by atoms with Crippen molar-refractivity contribution in [2.45, 2.75) is 51.4 Å². The number of nitrogens with zero attached hydrogens (tertiary/aromatic N) is 1. The van der Waals surface area contributed by atoms with Gasteiger partial charge in [-0.25, -0.2) is 17.5 Å². The lowest BCUT2D eigenvalue weighted by molar-refractivity contribution is -0.138. The Morgan fingerprint density at radius 3 is 2.27 bits per heavy atom. The van der Waals surface area contributed by atoms with E-state index in [9.17, 15) is 22.4 Å². The molecule has 0 saturated heterocycles. The minimum Gasteiger partial charge on any atom is -0.374 e. The number of benzene rings is 2. The van der Waals surface area contributed by atoms with Crippen molar-refractivity contribution >= 4 is 50.8 Å². The highest BCUT2D eigenvalue weighted by molar-refractivity contribution is 7.99. The largest absolute Gasteiger partial charge is 0.374 e. The summed E-state index contributed by atoms with van der Waals surface area (Å²) < 4.78 is 47.7. The molecule has 3 rings (SSSR count). The highest BCUT2D eigenvalue weighted by Crippen LogP contribution is 2.38. The van der Waals surface area contributed by atoms with Gasteiger partial charge in [0.1, 0.15) is 11.9 Å². The molecule has 9 nitrogen and oxygen atoms in total. The molecule has 1 atom stereocenters. The van der Waals surface area contributed by atoms with Gasteiger partial charge in [-0.15, -0.1) is 12.4 Å². The Balaban J connectivity index is 0.00000560. The number of rotatable bonds is 10. The lowest BCUT2D eigenvalue weighted by Crippen LogP contribution is -2.57. The van der Waals surface area contributed by atoms with Gasteiger partial charge in [-0.2, -0.15) is 0 Å². The molecule has 220 valence electrons. The quantitative estimate of drug-likeness (QED) is 0.376. The Hall–Kier alpha value is -2.54. The highest BCUT2D eigenvalue weighted by atomic mass is 35.5. The first-order valence-electron chi connectivity index (χ1n) is 12.2. The maximum atomic E-state index is 13.6. The number of amides is 2. The molecule has 2 aromatic rings. The van der Waals surface area contributed by atoms with Crippen LogP contribution in [0.15, 0.2) is 54.1 Å². The molecule has 0 unspecified atom stereocenters. The van der Waals surface area contributed by atoms with Crippen LogP contribution in [0.2, 0.25) is 5.02 Å². The van der Waals surface area contributed by atoms with Crippen LogP contribution in [0.5, 0.6) is 0 Å². The number of hydrogen-bond donors (Lipinski definition) is 3. The van der Waals surface area contributed by atoms with Crippen LogP contribution in [0.1, 0.15) is 38.8 Å². The van der Waals surface area contributed by atoms with Crippen LogP contribution in [-0.2, 0) is 31.0 Å². The van der Waals surface area contributed by atoms with Crippen molar-refractivity contribution < 1.29 is 27.1 Å². The summed E-state index contributed by atoms with van der Waals surface area (Å²) in [6.07, 6.45) is 0. The SMILES string of the molecule is CN(CC1=C(c2ccc(Cl)cc2)S(=O)(=O)NC1(C)C)C(=O)[C@@H](COCc1ccc(F)cc1)NC(=O)C(C)(C)N.Cl. The first kappa shape index (κ1) is 33.7. The van der Waals surface area contributed by atoms with E-state index in [0.717, 1.165) is 0 Å². The molecular weight excluding hydrogens is 582 g/mol. The van der Waals surface area contributed by atoms with Gasteiger partial charge in [0.2, 0.25) is 21.8 Å². The average molecular weight is 618 g/mol. The molecule has 0 spiro atoms. The molecule has 0 fully saturated rings. The predicted molar refractivity (Wildman–Crippen MR) is 156 cm³/mol. The molecule has 4 N–H and O–H groups in total. The van der Waals surface area contributed by atoms with E-state index in [4.69, 9.17) is 22.1 Å². The van der Waals surface area contributed by atoms with Gasteiger partial charge in [0.05, 0.1) is 29.2 Å². The zero-order valence-electron chi connectivity index (χ0n) is 23.0. The summed E-state index contributed by atoms with van der Waals surface area (Å²) in [5.41, 5.74) is 5.27. The van der Waals surface area contributed by atoms with Crippen LogP contribution in [0.3, 0.4) is 0 Å². The summed E-state index contributed by atoms with van der Waals surface area (Å²) in [6, 6.07) is 11.0. The van der Waals surface area contributed by atoms with Gasteiger partial charge in [-0.05, 0) is 68.7 Å². The topological polar surface area (TPSA) is 131 Å². The number of halogens is 3. The maximum absolute atomic E-state index is 13.6. The molecule has 1 heterocycles. The van der Waals surface area contributed by atoms with Crippen molar-refractivity contribution in [3.63, 3.8) is 0 Å². The molecular formula is C27H35Cl2FN4O5S. The molecule has 2 amide bonds. The summed E-state index contributed by atoms with van der Waals surface area (Å²) in [4.78, 5) is 27.6. The number of carbonyl (C=O) groups is 2. The van der Waals surface area contributed by atoms with E-state index in [2.05, 4.69) is 10.0 Å². The number of nitrogens with two attached hydrogens (primary N) is 1. The maximum Gasteiger partial charge on any atom is 0.247 e. The zero-order chi connectivity index (χ0) is 29.2. The average Bonchev–Trinajstić information content (AvgIpc) is 3.01. The molecule has 40 heavy (non-hydrogen) atoms. The molecule has 0 saturated carbocycles. The molecule has 1 aliphatic rings. The first-order valence-corrected chi connectivity index (χ1v) is 14.1. The van der Waals surface area contributed by atoms with E-state index in [0.29, 0.717) is 21.7 Å². The van der Waals surface area contributed by atoms with Gasteiger partial charge < -0.3 is 20.7 Å². The number of likely N-dealkylation sites (N-methyl/N-ethyl adjacent to an activating group) is 1. The van der Waals surface area contributed by atoms with E-state index in [1.165, 1.54) is 37.9 Å². The third kappa shape index (κ3) is 8.25. The van der Waals surface area contributed by atoms with E-state index in [-0.39, 0.29) is 42.9 Å². The molecule has 0 bridgehead atoms. The summed E-state index contributed by atoms with van der Waals surface area (Å²) in [5.74, 6) is -1.45. The second kappa shape index (κ2) is 13.0. The normalized spacial score (nSPS) is 16.7. The number of nitrogens with one attached hydrogen (secondary N) is 2. The number of ether oxygens (including phenoxy) is 1. The monoisotopic (exact) mass is 616 g/mol. The van der Waals surface area contributed by atoms with Gasteiger partial charge in [0.15, 0.2) is 0 Å². The third-order valence-corrected chi connectivity index (χ3v) is 8.27. The van der Waals surface area contributed by atoms with Crippen molar-refractivity contribution in [2.24, 2.45) is 5.73 Å². The summed E-state index contributed by atoms with van der Waals surface area (Å²) in [5, 5.41) is 3.10. The highest BCUT2D eigenvalue weighted by Gasteiger charge is 2.44. The van der Waals surface area contributed by atoms with Crippen LogP contribution < -0.4 is 15.8 Å². The summed E-state index contributed by atoms with van der Waals surface area (Å²) in [6.45, 7) is 6.28. The second-order valence-corrected chi connectivity index (χ2v) is 12.7. The Kier molecular flexibility index (Phi) is 10.9. The second-order valence-electron chi connectivity index (χ2n) is 10.6. The van der Waals surface area contributed by atoms with Gasteiger partial charge in [0, 0.05) is 18.6 Å². The van der Waals surface area contributed by atoms with Crippen molar-refractivity contribution in [3.05, 3.63) is 76.1 Å². The van der Waals surface area contributed by atoms with Crippen LogP contribution in [-0.4, -0.2) is 62.5 Å². The van der Waals surface area contributed by atoms with Crippen molar-refractivity contribution in [3.8, 4) is 0 Å². The van der Waals surface area contributed by atoms with Crippen molar-refractivity contribution in [2.75, 3.05) is 20.2 Å². The summed E-state index contributed by atoms with van der Waals surface area (Å²) in [7, 11) is -2.36. The summed E-state index contributed by atoms with van der Waals surface area (Å²) >= 11 is 6.00. The molecule has 0 radical (unpaired) electrons. The number of sulfonamides is 1. The minimum absolute atomic E-state index is 0. The van der Waals surface area contributed by atoms with Crippen LogP contribution in [0, 0.1) is 5.82 Å². The van der Waals surface area contributed by atoms with Crippen molar-refractivity contribution in [1.29, 1.82) is 0 Å². The molecule has 2 aromatic carbocycles. The molecule has 13 heteroatoms. The fraction of sp³-hybridized carbons (Fsp3) is 0.407. The lowest BCUT2D eigenvalue weighted by Gasteiger charge is -2.30. The van der Waals surface area contributed by atoms with E-state index in [1.807, 2.05) is 0 Å². The smallest absolute Gasteiger partial charge is 0.247 e. The Bertz CT molecular complexity index is 1360. The predicted octanol–water partition coefficient (Wildman–Crippen LogP) is 3.22. The van der Waals surface area contributed by atoms with Crippen LogP contribution >= 0.6 is 24.0 Å². The van der Waals surface area contributed by atoms with E-state index >= 15 is 0 Å². The van der Waals surface area contributed by atoms with Crippen LogP contribution in [0.25, 0.3) is 4.91 Å². The van der Waals surface area contributed by atoms with Gasteiger partial charge >= 0.3 is 0 Å². The van der Waals surface area contributed by atoms with E-state index < -0.39 is 39.0 Å². The fourth-order valence-corrected chi connectivity index (χ4v) is 6.18. The molecule has 0 aromatic heterocycles.